The molecule has 0 unspecified atom stereocenters. The molecular weight excluding hydrogens is 247 g/mol. The average Bonchev–Trinajstić information content (AvgIpc) is 2.34. The van der Waals surface area contributed by atoms with Crippen molar-refractivity contribution in [3.63, 3.8) is 0 Å². The molecule has 0 N–H and O–H groups in total. The Hall–Kier alpha value is -1.61. The topological polar surface area (TPSA) is 17.1 Å². The Kier molecular flexibility index (Phi) is 3.82. The normalized spacial score (nSPS) is 10.4. The van der Waals surface area contributed by atoms with E-state index in [1.807, 2.05) is 26.0 Å². The standard InChI is InChI=1S/C15H13FOS/c1-10-3-5-14(11(2)7-10)18-15-6-4-13(16)8-12(15)9-17/h3-9H,1-2H3. The van der Waals surface area contributed by atoms with Crippen LogP contribution in [0.5, 0.6) is 0 Å². The zero-order valence-corrected chi connectivity index (χ0v) is 11.1. The third kappa shape index (κ3) is 2.79. The van der Waals surface area contributed by atoms with Crippen LogP contribution < -0.4 is 0 Å². The predicted octanol–water partition coefficient (Wildman–Crippen LogP) is 4.41. The fourth-order valence-electron chi connectivity index (χ4n) is 1.74. The van der Waals surface area contributed by atoms with Gasteiger partial charge in [0.05, 0.1) is 0 Å². The molecule has 0 fully saturated rings. The molecule has 1 nitrogen and oxygen atoms in total. The minimum absolute atomic E-state index is 0.387. The second kappa shape index (κ2) is 5.36. The van der Waals surface area contributed by atoms with Gasteiger partial charge in [0.25, 0.3) is 0 Å². The van der Waals surface area contributed by atoms with Crippen LogP contribution in [0, 0.1) is 19.7 Å². The highest BCUT2D eigenvalue weighted by atomic mass is 32.2. The Bertz CT molecular complexity index is 593. The van der Waals surface area contributed by atoms with Crippen LogP contribution in [0.3, 0.4) is 0 Å². The van der Waals surface area contributed by atoms with Crippen LogP contribution in [0.1, 0.15) is 21.5 Å². The fraction of sp³-hybridized carbons (Fsp3) is 0.133. The molecule has 0 spiro atoms. The summed E-state index contributed by atoms with van der Waals surface area (Å²) < 4.78 is 13.0. The molecular formula is C15H13FOS. The van der Waals surface area contributed by atoms with E-state index in [4.69, 9.17) is 0 Å². The third-order valence-corrected chi connectivity index (χ3v) is 3.92. The van der Waals surface area contributed by atoms with Crippen LogP contribution in [0.4, 0.5) is 4.39 Å². The van der Waals surface area contributed by atoms with E-state index in [0.29, 0.717) is 11.8 Å². The molecule has 0 saturated heterocycles. The van der Waals surface area contributed by atoms with Gasteiger partial charge in [-0.1, -0.05) is 29.5 Å². The van der Waals surface area contributed by atoms with Crippen LogP contribution >= 0.6 is 11.8 Å². The molecule has 0 bridgehead atoms. The first-order chi connectivity index (χ1) is 8.60. The highest BCUT2D eigenvalue weighted by Crippen LogP contribution is 2.32. The number of hydrogen-bond donors (Lipinski definition) is 0. The molecule has 2 aromatic rings. The Morgan fingerprint density at radius 2 is 1.78 bits per heavy atom. The maximum atomic E-state index is 13.0. The van der Waals surface area contributed by atoms with E-state index in [2.05, 4.69) is 6.07 Å². The Morgan fingerprint density at radius 1 is 1.06 bits per heavy atom. The third-order valence-electron chi connectivity index (χ3n) is 2.65. The van der Waals surface area contributed by atoms with Crippen LogP contribution in [0.15, 0.2) is 46.2 Å². The second-order valence-corrected chi connectivity index (χ2v) is 5.25. The van der Waals surface area contributed by atoms with Crippen molar-refractivity contribution in [1.29, 1.82) is 0 Å². The van der Waals surface area contributed by atoms with Gasteiger partial charge in [-0.15, -0.1) is 0 Å². The number of rotatable bonds is 3. The zero-order chi connectivity index (χ0) is 13.1. The van der Waals surface area contributed by atoms with Gasteiger partial charge in [-0.2, -0.15) is 0 Å². The van der Waals surface area contributed by atoms with Gasteiger partial charge in [0, 0.05) is 15.4 Å². The molecule has 0 amide bonds. The van der Waals surface area contributed by atoms with E-state index >= 15 is 0 Å². The smallest absolute Gasteiger partial charge is 0.151 e. The van der Waals surface area contributed by atoms with Crippen LogP contribution in [0.25, 0.3) is 0 Å². The predicted molar refractivity (Wildman–Crippen MR) is 71.8 cm³/mol. The quantitative estimate of drug-likeness (QED) is 0.760. The molecule has 0 atom stereocenters. The van der Waals surface area contributed by atoms with Crippen molar-refractivity contribution in [1.82, 2.24) is 0 Å². The highest BCUT2D eigenvalue weighted by molar-refractivity contribution is 7.99. The maximum absolute atomic E-state index is 13.0. The number of carbonyl (C=O) groups excluding carboxylic acids is 1. The number of halogens is 1. The highest BCUT2D eigenvalue weighted by Gasteiger charge is 2.07. The van der Waals surface area contributed by atoms with Crippen LogP contribution in [-0.4, -0.2) is 6.29 Å². The number of carbonyl (C=O) groups is 1. The summed E-state index contributed by atoms with van der Waals surface area (Å²) in [6.45, 7) is 4.07. The lowest BCUT2D eigenvalue weighted by Gasteiger charge is -2.08. The minimum atomic E-state index is -0.387. The van der Waals surface area contributed by atoms with Crippen molar-refractivity contribution in [2.75, 3.05) is 0 Å². The molecule has 0 aromatic heterocycles. The molecule has 0 heterocycles. The van der Waals surface area contributed by atoms with Gasteiger partial charge in [0.1, 0.15) is 5.82 Å². The molecule has 3 heteroatoms. The molecule has 0 saturated carbocycles. The molecule has 0 aliphatic heterocycles. The van der Waals surface area contributed by atoms with Crippen molar-refractivity contribution in [3.8, 4) is 0 Å². The molecule has 18 heavy (non-hydrogen) atoms. The first-order valence-electron chi connectivity index (χ1n) is 5.60. The molecule has 2 aromatic carbocycles. The van der Waals surface area contributed by atoms with E-state index in [1.165, 1.54) is 29.5 Å². The lowest BCUT2D eigenvalue weighted by atomic mass is 10.2. The molecule has 0 radical (unpaired) electrons. The summed E-state index contributed by atoms with van der Waals surface area (Å²) >= 11 is 1.48. The van der Waals surface area contributed by atoms with Gasteiger partial charge in [-0.25, -0.2) is 4.39 Å². The summed E-state index contributed by atoms with van der Waals surface area (Å²) in [5, 5.41) is 0. The molecule has 2 rings (SSSR count). The van der Waals surface area contributed by atoms with E-state index in [0.717, 1.165) is 15.4 Å². The lowest BCUT2D eigenvalue weighted by Crippen LogP contribution is -1.88. The van der Waals surface area contributed by atoms with E-state index in [-0.39, 0.29) is 5.82 Å². The van der Waals surface area contributed by atoms with Gasteiger partial charge in [0.2, 0.25) is 0 Å². The fourth-order valence-corrected chi connectivity index (χ4v) is 2.69. The first-order valence-corrected chi connectivity index (χ1v) is 6.41. The summed E-state index contributed by atoms with van der Waals surface area (Å²) in [5.74, 6) is -0.387. The van der Waals surface area contributed by atoms with Gasteiger partial charge in [0.15, 0.2) is 6.29 Å². The number of aldehydes is 1. The Morgan fingerprint density at radius 3 is 2.44 bits per heavy atom. The summed E-state index contributed by atoms with van der Waals surface area (Å²) in [6, 6.07) is 10.4. The Balaban J connectivity index is 2.36. The summed E-state index contributed by atoms with van der Waals surface area (Å²) in [5.41, 5.74) is 2.74. The number of aryl methyl sites for hydroxylation is 2. The van der Waals surface area contributed by atoms with Gasteiger partial charge >= 0.3 is 0 Å². The van der Waals surface area contributed by atoms with E-state index < -0.39 is 0 Å². The lowest BCUT2D eigenvalue weighted by molar-refractivity contribution is 0.112. The van der Waals surface area contributed by atoms with Crippen LogP contribution in [-0.2, 0) is 0 Å². The summed E-state index contributed by atoms with van der Waals surface area (Å²) in [7, 11) is 0. The van der Waals surface area contributed by atoms with E-state index in [9.17, 15) is 9.18 Å². The summed E-state index contributed by atoms with van der Waals surface area (Å²) in [4.78, 5) is 12.8. The monoisotopic (exact) mass is 260 g/mol. The number of hydrogen-bond acceptors (Lipinski definition) is 2. The van der Waals surface area contributed by atoms with Gasteiger partial charge < -0.3 is 0 Å². The van der Waals surface area contributed by atoms with Crippen molar-refractivity contribution >= 4 is 18.0 Å². The van der Waals surface area contributed by atoms with Gasteiger partial charge in [-0.05, 0) is 43.7 Å². The van der Waals surface area contributed by atoms with Crippen molar-refractivity contribution in [3.05, 3.63) is 58.9 Å². The first kappa shape index (κ1) is 12.8. The van der Waals surface area contributed by atoms with Crippen molar-refractivity contribution in [2.24, 2.45) is 0 Å². The Labute approximate surface area is 110 Å². The number of benzene rings is 2. The van der Waals surface area contributed by atoms with E-state index in [1.54, 1.807) is 6.07 Å². The SMILES string of the molecule is Cc1ccc(Sc2ccc(F)cc2C=O)c(C)c1. The molecule has 92 valence electrons. The average molecular weight is 260 g/mol. The van der Waals surface area contributed by atoms with Crippen molar-refractivity contribution in [2.45, 2.75) is 23.6 Å². The molecule has 0 aliphatic carbocycles. The van der Waals surface area contributed by atoms with Crippen molar-refractivity contribution < 1.29 is 9.18 Å². The minimum Gasteiger partial charge on any atom is -0.298 e. The maximum Gasteiger partial charge on any atom is 0.151 e. The zero-order valence-electron chi connectivity index (χ0n) is 10.2. The van der Waals surface area contributed by atoms with Crippen LogP contribution in [0.2, 0.25) is 0 Å². The largest absolute Gasteiger partial charge is 0.298 e. The second-order valence-electron chi connectivity index (χ2n) is 4.17. The van der Waals surface area contributed by atoms with Gasteiger partial charge in [-0.3, -0.25) is 4.79 Å². The summed E-state index contributed by atoms with van der Waals surface area (Å²) in [6.07, 6.45) is 0.689. The molecule has 0 aliphatic rings.